The topological polar surface area (TPSA) is 63.5 Å². The van der Waals surface area contributed by atoms with Crippen LogP contribution >= 0.6 is 0 Å². The number of ether oxygens (including phenoxy) is 1. The lowest BCUT2D eigenvalue weighted by Gasteiger charge is -2.35. The van der Waals surface area contributed by atoms with E-state index in [4.69, 9.17) is 0 Å². The molecule has 0 radical (unpaired) electrons. The molecule has 0 saturated carbocycles. The van der Waals surface area contributed by atoms with Crippen LogP contribution in [0.5, 0.6) is 5.75 Å². The molecule has 7 nitrogen and oxygen atoms in total. The summed E-state index contributed by atoms with van der Waals surface area (Å²) in [6.45, 7) is 1.68. The number of halogens is 3. The Balaban J connectivity index is 1.41. The van der Waals surface area contributed by atoms with E-state index in [1.807, 2.05) is 46.1 Å². The van der Waals surface area contributed by atoms with Gasteiger partial charge in [-0.2, -0.15) is 0 Å². The van der Waals surface area contributed by atoms with Crippen molar-refractivity contribution < 1.29 is 22.7 Å². The van der Waals surface area contributed by atoms with E-state index in [9.17, 15) is 18.0 Å². The van der Waals surface area contributed by atoms with Crippen molar-refractivity contribution in [3.8, 4) is 11.6 Å². The maximum Gasteiger partial charge on any atom is 0.573 e. The monoisotopic (exact) mass is 417 g/mol. The molecular formula is C20H18F3N5O2. The van der Waals surface area contributed by atoms with Gasteiger partial charge in [0.15, 0.2) is 11.6 Å². The molecule has 1 aliphatic heterocycles. The molecule has 2 aromatic heterocycles. The van der Waals surface area contributed by atoms with E-state index < -0.39 is 18.0 Å². The first-order valence-corrected chi connectivity index (χ1v) is 9.27. The predicted octanol–water partition coefficient (Wildman–Crippen LogP) is 3.13. The Morgan fingerprint density at radius 2 is 1.50 bits per heavy atom. The molecule has 0 unspecified atom stereocenters. The summed E-state index contributed by atoms with van der Waals surface area (Å²) >= 11 is 0. The molecule has 0 atom stereocenters. The summed E-state index contributed by atoms with van der Waals surface area (Å²) in [5.41, 5.74) is -0.112. The van der Waals surface area contributed by atoms with E-state index in [2.05, 4.69) is 14.9 Å². The lowest BCUT2D eigenvalue weighted by Crippen LogP contribution is -2.49. The number of rotatable bonds is 4. The van der Waals surface area contributed by atoms with Crippen LogP contribution in [-0.4, -0.2) is 58.1 Å². The van der Waals surface area contributed by atoms with Gasteiger partial charge in [0, 0.05) is 38.6 Å². The van der Waals surface area contributed by atoms with Crippen molar-refractivity contribution in [2.75, 3.05) is 31.1 Å². The predicted molar refractivity (Wildman–Crippen MR) is 103 cm³/mol. The molecule has 10 heteroatoms. The Hall–Kier alpha value is -3.56. The molecule has 3 heterocycles. The standard InChI is InChI=1S/C20H18F3N5O2/c21-20(22,23)30-16-6-2-1-5-15(16)19(29)28-13-11-27(12-14-28)18-8-7-17(24-25-18)26-9-3-4-10-26/h1-10H,11-14H2. The average molecular weight is 417 g/mol. The molecule has 156 valence electrons. The fourth-order valence-corrected chi connectivity index (χ4v) is 3.28. The van der Waals surface area contributed by atoms with Gasteiger partial charge in [0.1, 0.15) is 5.75 Å². The van der Waals surface area contributed by atoms with Crippen molar-refractivity contribution in [1.29, 1.82) is 0 Å². The number of carbonyl (C=O) groups excluding carboxylic acids is 1. The zero-order valence-electron chi connectivity index (χ0n) is 15.8. The van der Waals surface area contributed by atoms with Crippen LogP contribution in [0.3, 0.4) is 0 Å². The average Bonchev–Trinajstić information content (AvgIpc) is 3.28. The molecule has 0 aliphatic carbocycles. The number of amides is 1. The summed E-state index contributed by atoms with van der Waals surface area (Å²) in [6.07, 6.45) is -1.12. The SMILES string of the molecule is O=C(c1ccccc1OC(F)(F)F)N1CCN(c2ccc(-n3cccc3)nn2)CC1. The molecule has 0 N–H and O–H groups in total. The highest BCUT2D eigenvalue weighted by Crippen LogP contribution is 2.27. The molecule has 3 aromatic rings. The zero-order valence-corrected chi connectivity index (χ0v) is 15.8. The molecule has 1 aliphatic rings. The Morgan fingerprint density at radius 3 is 2.13 bits per heavy atom. The van der Waals surface area contributed by atoms with Gasteiger partial charge >= 0.3 is 6.36 Å². The molecule has 30 heavy (non-hydrogen) atoms. The third-order valence-electron chi connectivity index (χ3n) is 4.74. The highest BCUT2D eigenvalue weighted by Gasteiger charge is 2.34. The zero-order chi connectivity index (χ0) is 21.1. The summed E-state index contributed by atoms with van der Waals surface area (Å²) in [5.74, 6) is 0.380. The second kappa shape index (κ2) is 8.05. The Bertz CT molecular complexity index is 998. The first kappa shape index (κ1) is 19.7. The number of anilines is 1. The van der Waals surface area contributed by atoms with Crippen LogP contribution in [0.1, 0.15) is 10.4 Å². The van der Waals surface area contributed by atoms with E-state index in [0.29, 0.717) is 37.8 Å². The van der Waals surface area contributed by atoms with Crippen molar-refractivity contribution in [2.45, 2.75) is 6.36 Å². The molecular weight excluding hydrogens is 399 g/mol. The second-order valence-electron chi connectivity index (χ2n) is 6.66. The Labute approximate surface area is 170 Å². The third kappa shape index (κ3) is 4.37. The fourth-order valence-electron chi connectivity index (χ4n) is 3.28. The number of hydrogen-bond donors (Lipinski definition) is 0. The smallest absolute Gasteiger partial charge is 0.405 e. The van der Waals surface area contributed by atoms with Gasteiger partial charge in [0.05, 0.1) is 5.56 Å². The molecule has 0 spiro atoms. The van der Waals surface area contributed by atoms with Crippen LogP contribution in [0.2, 0.25) is 0 Å². The molecule has 1 aromatic carbocycles. The summed E-state index contributed by atoms with van der Waals surface area (Å²) in [6, 6.07) is 12.9. The fraction of sp³-hybridized carbons (Fsp3) is 0.250. The van der Waals surface area contributed by atoms with E-state index in [1.165, 1.54) is 23.1 Å². The number of hydrogen-bond acceptors (Lipinski definition) is 5. The van der Waals surface area contributed by atoms with Crippen molar-refractivity contribution in [1.82, 2.24) is 19.7 Å². The van der Waals surface area contributed by atoms with Gasteiger partial charge in [0.2, 0.25) is 0 Å². The minimum atomic E-state index is -4.86. The maximum atomic E-state index is 12.8. The van der Waals surface area contributed by atoms with E-state index in [0.717, 1.165) is 6.07 Å². The number of benzene rings is 1. The van der Waals surface area contributed by atoms with Gasteiger partial charge < -0.3 is 19.1 Å². The second-order valence-corrected chi connectivity index (χ2v) is 6.66. The van der Waals surface area contributed by atoms with Gasteiger partial charge in [-0.3, -0.25) is 4.79 Å². The van der Waals surface area contributed by atoms with Gasteiger partial charge in [0.25, 0.3) is 5.91 Å². The number of aromatic nitrogens is 3. The maximum absolute atomic E-state index is 12.8. The number of carbonyl (C=O) groups is 1. The first-order valence-electron chi connectivity index (χ1n) is 9.27. The van der Waals surface area contributed by atoms with Crippen LogP contribution in [0.15, 0.2) is 60.9 Å². The van der Waals surface area contributed by atoms with Crippen molar-refractivity contribution in [3.63, 3.8) is 0 Å². The van der Waals surface area contributed by atoms with E-state index in [-0.39, 0.29) is 5.56 Å². The van der Waals surface area contributed by atoms with Crippen LogP contribution in [0.4, 0.5) is 19.0 Å². The summed E-state index contributed by atoms with van der Waals surface area (Å²) < 4.78 is 43.7. The van der Waals surface area contributed by atoms with Crippen LogP contribution in [-0.2, 0) is 0 Å². The molecule has 0 bridgehead atoms. The van der Waals surface area contributed by atoms with E-state index in [1.54, 1.807) is 0 Å². The van der Waals surface area contributed by atoms with Gasteiger partial charge in [-0.05, 0) is 36.4 Å². The number of para-hydroxylation sites is 1. The van der Waals surface area contributed by atoms with Gasteiger partial charge in [-0.15, -0.1) is 23.4 Å². The highest BCUT2D eigenvalue weighted by atomic mass is 19.4. The summed E-state index contributed by atoms with van der Waals surface area (Å²) in [5, 5.41) is 8.46. The van der Waals surface area contributed by atoms with E-state index >= 15 is 0 Å². The highest BCUT2D eigenvalue weighted by molar-refractivity contribution is 5.97. The largest absolute Gasteiger partial charge is 0.573 e. The first-order chi connectivity index (χ1) is 14.4. The summed E-state index contributed by atoms with van der Waals surface area (Å²) in [7, 11) is 0. The quantitative estimate of drug-likeness (QED) is 0.653. The number of nitrogens with zero attached hydrogens (tertiary/aromatic N) is 5. The normalized spacial score (nSPS) is 14.6. The molecule has 1 amide bonds. The minimum Gasteiger partial charge on any atom is -0.405 e. The third-order valence-corrected chi connectivity index (χ3v) is 4.74. The molecule has 1 saturated heterocycles. The Kier molecular flexibility index (Phi) is 5.30. The molecule has 4 rings (SSSR count). The van der Waals surface area contributed by atoms with Crippen molar-refractivity contribution in [3.05, 3.63) is 66.5 Å². The number of piperazine rings is 1. The van der Waals surface area contributed by atoms with Gasteiger partial charge in [-0.25, -0.2) is 0 Å². The van der Waals surface area contributed by atoms with Crippen LogP contribution in [0, 0.1) is 0 Å². The van der Waals surface area contributed by atoms with Crippen LogP contribution < -0.4 is 9.64 Å². The number of alkyl halides is 3. The lowest BCUT2D eigenvalue weighted by molar-refractivity contribution is -0.274. The van der Waals surface area contributed by atoms with Crippen molar-refractivity contribution >= 4 is 11.7 Å². The van der Waals surface area contributed by atoms with Crippen LogP contribution in [0.25, 0.3) is 5.82 Å². The minimum absolute atomic E-state index is 0.112. The summed E-state index contributed by atoms with van der Waals surface area (Å²) in [4.78, 5) is 16.2. The van der Waals surface area contributed by atoms with Crippen molar-refractivity contribution in [2.24, 2.45) is 0 Å². The van der Waals surface area contributed by atoms with Gasteiger partial charge in [-0.1, -0.05) is 12.1 Å². The Morgan fingerprint density at radius 1 is 0.867 bits per heavy atom. The molecule has 1 fully saturated rings. The lowest BCUT2D eigenvalue weighted by atomic mass is 10.1.